The predicted octanol–water partition coefficient (Wildman–Crippen LogP) is 5.89. The van der Waals surface area contributed by atoms with Crippen LogP contribution in [-0.4, -0.2) is 23.2 Å². The topological polar surface area (TPSA) is 94.8 Å². The van der Waals surface area contributed by atoms with Gasteiger partial charge < -0.3 is 10.2 Å². The van der Waals surface area contributed by atoms with Gasteiger partial charge in [-0.1, -0.05) is 76.7 Å². The summed E-state index contributed by atoms with van der Waals surface area (Å²) in [4.78, 5) is 0. The summed E-state index contributed by atoms with van der Waals surface area (Å²) in [6.45, 7) is 0. The van der Waals surface area contributed by atoms with Gasteiger partial charge in [0, 0.05) is 16.1 Å². The highest BCUT2D eigenvalue weighted by molar-refractivity contribution is 7.87. The maximum atomic E-state index is 12.9. The molecule has 152 valence electrons. The minimum Gasteiger partial charge on any atom is -0.506 e. The second-order valence-electron chi connectivity index (χ2n) is 6.06. The van der Waals surface area contributed by atoms with Gasteiger partial charge in [0.1, 0.15) is 16.5 Å². The Balaban J connectivity index is 2.61. The van der Waals surface area contributed by atoms with Crippen molar-refractivity contribution in [3.63, 3.8) is 0 Å². The van der Waals surface area contributed by atoms with E-state index in [2.05, 4.69) is 0 Å². The Morgan fingerprint density at radius 3 is 1.90 bits per heavy atom. The van der Waals surface area contributed by atoms with Gasteiger partial charge in [-0.15, -0.1) is 0 Å². The van der Waals surface area contributed by atoms with Crippen molar-refractivity contribution < 1.29 is 23.2 Å². The SMILES string of the molecule is O=S(=O)(O)C(c1ccc(Cl)cc1)(c1cccc(Cl)c1O)c1ccc(Cl)c(Cl)c1O. The molecule has 29 heavy (non-hydrogen) atoms. The Morgan fingerprint density at radius 1 is 0.724 bits per heavy atom. The van der Waals surface area contributed by atoms with Crippen LogP contribution in [0.2, 0.25) is 20.1 Å². The summed E-state index contributed by atoms with van der Waals surface area (Å²) in [5, 5.41) is 21.1. The molecular weight excluding hydrogens is 482 g/mol. The normalized spacial score (nSPS) is 13.8. The smallest absolute Gasteiger partial charge is 0.283 e. The highest BCUT2D eigenvalue weighted by atomic mass is 35.5. The van der Waals surface area contributed by atoms with Gasteiger partial charge in [-0.2, -0.15) is 8.42 Å². The fourth-order valence-electron chi connectivity index (χ4n) is 3.19. The summed E-state index contributed by atoms with van der Waals surface area (Å²) in [6, 6.07) is 11.9. The average Bonchev–Trinajstić information content (AvgIpc) is 2.65. The molecule has 0 aliphatic heterocycles. The molecule has 0 heterocycles. The lowest BCUT2D eigenvalue weighted by molar-refractivity contribution is 0.428. The number of phenolic OH excluding ortho intramolecular Hbond substituents is 2. The van der Waals surface area contributed by atoms with E-state index >= 15 is 0 Å². The third kappa shape index (κ3) is 3.54. The number of hydrogen-bond donors (Lipinski definition) is 3. The molecule has 0 aliphatic rings. The fraction of sp³-hybridized carbons (Fsp3) is 0.0526. The summed E-state index contributed by atoms with van der Waals surface area (Å²) < 4.78 is 33.8. The first kappa shape index (κ1) is 22.0. The fourth-order valence-corrected chi connectivity index (χ4v) is 5.13. The van der Waals surface area contributed by atoms with Crippen molar-refractivity contribution in [1.82, 2.24) is 0 Å². The van der Waals surface area contributed by atoms with Crippen LogP contribution in [0, 0.1) is 0 Å². The van der Waals surface area contributed by atoms with Gasteiger partial charge >= 0.3 is 0 Å². The molecule has 10 heteroatoms. The maximum Gasteiger partial charge on any atom is 0.283 e. The lowest BCUT2D eigenvalue weighted by Gasteiger charge is -2.33. The standard InChI is InChI=1S/C19H12Cl4O5S/c20-11-6-4-10(5-7-11)19(29(26,27)28,12-2-1-3-15(22)17(12)24)13-8-9-14(21)16(23)18(13)25/h1-9,24-25H,(H,26,27,28). The molecule has 1 atom stereocenters. The van der Waals surface area contributed by atoms with E-state index in [1.165, 1.54) is 54.6 Å². The van der Waals surface area contributed by atoms with Gasteiger partial charge in [0.25, 0.3) is 10.1 Å². The van der Waals surface area contributed by atoms with Crippen LogP contribution in [0.25, 0.3) is 0 Å². The number of para-hydroxylation sites is 1. The van der Waals surface area contributed by atoms with Crippen molar-refractivity contribution in [2.45, 2.75) is 4.75 Å². The van der Waals surface area contributed by atoms with Crippen LogP contribution in [0.1, 0.15) is 16.7 Å². The zero-order valence-electron chi connectivity index (χ0n) is 14.3. The van der Waals surface area contributed by atoms with E-state index in [1.807, 2.05) is 0 Å². The molecule has 3 N–H and O–H groups in total. The van der Waals surface area contributed by atoms with Crippen LogP contribution in [0.5, 0.6) is 11.5 Å². The zero-order chi connectivity index (χ0) is 21.6. The Morgan fingerprint density at radius 2 is 1.31 bits per heavy atom. The Labute approximate surface area is 186 Å². The Kier molecular flexibility index (Phi) is 5.98. The lowest BCUT2D eigenvalue weighted by Crippen LogP contribution is -2.38. The van der Waals surface area contributed by atoms with E-state index in [9.17, 15) is 23.2 Å². The molecule has 0 saturated carbocycles. The van der Waals surface area contributed by atoms with Crippen LogP contribution in [-0.2, 0) is 14.9 Å². The average molecular weight is 494 g/mol. The molecule has 0 bridgehead atoms. The van der Waals surface area contributed by atoms with Gasteiger partial charge in [0.05, 0.1) is 10.0 Å². The van der Waals surface area contributed by atoms with Gasteiger partial charge in [0.15, 0.2) is 4.75 Å². The molecular formula is C19H12Cl4O5S. The third-order valence-electron chi connectivity index (χ3n) is 4.45. The molecule has 0 aliphatic carbocycles. The molecule has 0 radical (unpaired) electrons. The first-order valence-corrected chi connectivity index (χ1v) is 10.9. The van der Waals surface area contributed by atoms with Crippen LogP contribution < -0.4 is 0 Å². The summed E-state index contributed by atoms with van der Waals surface area (Å²) in [5.41, 5.74) is -0.673. The summed E-state index contributed by atoms with van der Waals surface area (Å²) in [6.07, 6.45) is 0. The van der Waals surface area contributed by atoms with Crippen molar-refractivity contribution in [3.05, 3.63) is 91.4 Å². The second kappa shape index (κ2) is 7.87. The highest BCUT2D eigenvalue weighted by Gasteiger charge is 2.52. The molecule has 3 rings (SSSR count). The molecule has 0 aromatic heterocycles. The number of aromatic hydroxyl groups is 2. The minimum absolute atomic E-state index is 0.0318. The molecule has 0 spiro atoms. The molecule has 0 fully saturated rings. The Bertz CT molecular complexity index is 1200. The van der Waals surface area contributed by atoms with E-state index in [0.717, 1.165) is 0 Å². The zero-order valence-corrected chi connectivity index (χ0v) is 18.1. The highest BCUT2D eigenvalue weighted by Crippen LogP contribution is 2.52. The first-order valence-electron chi connectivity index (χ1n) is 7.90. The third-order valence-corrected chi connectivity index (χ3v) is 7.25. The van der Waals surface area contributed by atoms with Crippen LogP contribution >= 0.6 is 46.4 Å². The van der Waals surface area contributed by atoms with Crippen LogP contribution in [0.3, 0.4) is 0 Å². The van der Waals surface area contributed by atoms with Gasteiger partial charge in [0.2, 0.25) is 0 Å². The van der Waals surface area contributed by atoms with Crippen LogP contribution in [0.4, 0.5) is 0 Å². The minimum atomic E-state index is -5.11. The Hall–Kier alpha value is -1.67. The number of hydrogen-bond acceptors (Lipinski definition) is 4. The van der Waals surface area contributed by atoms with E-state index < -0.39 is 26.4 Å². The summed E-state index contributed by atoms with van der Waals surface area (Å²) >= 11 is 23.9. The maximum absolute atomic E-state index is 12.9. The van der Waals surface area contributed by atoms with Crippen molar-refractivity contribution >= 4 is 56.5 Å². The summed E-state index contributed by atoms with van der Waals surface area (Å²) in [5.74, 6) is -1.29. The van der Waals surface area contributed by atoms with Crippen LogP contribution in [0.15, 0.2) is 54.6 Å². The van der Waals surface area contributed by atoms with E-state index in [0.29, 0.717) is 5.02 Å². The van der Waals surface area contributed by atoms with E-state index in [-0.39, 0.29) is 31.8 Å². The first-order chi connectivity index (χ1) is 13.5. The monoisotopic (exact) mass is 492 g/mol. The quantitative estimate of drug-likeness (QED) is 0.311. The summed E-state index contributed by atoms with van der Waals surface area (Å²) in [7, 11) is -5.11. The lowest BCUT2D eigenvalue weighted by atomic mass is 9.83. The number of rotatable bonds is 4. The molecule has 0 saturated heterocycles. The molecule has 1 unspecified atom stereocenters. The van der Waals surface area contributed by atoms with Gasteiger partial charge in [-0.25, -0.2) is 0 Å². The number of halogens is 4. The van der Waals surface area contributed by atoms with Crippen molar-refractivity contribution in [1.29, 1.82) is 0 Å². The molecule has 3 aromatic carbocycles. The molecule has 0 amide bonds. The molecule has 3 aromatic rings. The van der Waals surface area contributed by atoms with E-state index in [1.54, 1.807) is 0 Å². The van der Waals surface area contributed by atoms with Crippen molar-refractivity contribution in [3.8, 4) is 11.5 Å². The second-order valence-corrected chi connectivity index (χ2v) is 9.25. The van der Waals surface area contributed by atoms with Crippen molar-refractivity contribution in [2.24, 2.45) is 0 Å². The number of benzene rings is 3. The molecule has 5 nitrogen and oxygen atoms in total. The number of phenols is 2. The van der Waals surface area contributed by atoms with Crippen molar-refractivity contribution in [2.75, 3.05) is 0 Å². The largest absolute Gasteiger partial charge is 0.506 e. The van der Waals surface area contributed by atoms with Gasteiger partial charge in [-0.05, 0) is 29.8 Å². The van der Waals surface area contributed by atoms with Gasteiger partial charge in [-0.3, -0.25) is 4.55 Å². The predicted molar refractivity (Wildman–Crippen MR) is 114 cm³/mol. The van der Waals surface area contributed by atoms with E-state index in [4.69, 9.17) is 46.4 Å².